The number of para-hydroxylation sites is 1. The number of benzene rings is 1. The number of amides is 1. The molecule has 0 radical (unpaired) electrons. The lowest BCUT2D eigenvalue weighted by molar-refractivity contribution is -0.116. The standard InChI is InChI=1S/C20H19N3O2/c24-19(22-12-4-6-15-5-3-11-21-14-15)10-9-17-13-16-7-1-2-8-18(16)23-20(17)25/h1-3,5,7-11,13-14H,4,6,12H2,(H,22,24)(H,23,25)/b10-9+. The van der Waals surface area contributed by atoms with Crippen LogP contribution in [0.3, 0.4) is 0 Å². The Hall–Kier alpha value is -3.21. The molecule has 0 fully saturated rings. The second kappa shape index (κ2) is 8.06. The van der Waals surface area contributed by atoms with Crippen molar-refractivity contribution in [2.75, 3.05) is 6.54 Å². The Morgan fingerprint density at radius 2 is 2.08 bits per heavy atom. The molecule has 0 unspecified atom stereocenters. The van der Waals surface area contributed by atoms with Crippen LogP contribution in [0.1, 0.15) is 17.5 Å². The number of carbonyl (C=O) groups excluding carboxylic acids is 1. The number of nitrogens with one attached hydrogen (secondary N) is 2. The number of pyridine rings is 2. The molecule has 1 aromatic carbocycles. The van der Waals surface area contributed by atoms with E-state index in [9.17, 15) is 9.59 Å². The van der Waals surface area contributed by atoms with E-state index in [2.05, 4.69) is 15.3 Å². The number of nitrogens with zero attached hydrogens (tertiary/aromatic N) is 1. The zero-order chi connectivity index (χ0) is 17.5. The van der Waals surface area contributed by atoms with E-state index in [1.54, 1.807) is 18.3 Å². The zero-order valence-corrected chi connectivity index (χ0v) is 13.7. The predicted molar refractivity (Wildman–Crippen MR) is 99.2 cm³/mol. The lowest BCUT2D eigenvalue weighted by atomic mass is 10.1. The first-order valence-electron chi connectivity index (χ1n) is 8.19. The summed E-state index contributed by atoms with van der Waals surface area (Å²) in [5.41, 5.74) is 2.18. The second-order valence-corrected chi connectivity index (χ2v) is 5.73. The monoisotopic (exact) mass is 333 g/mol. The minimum Gasteiger partial charge on any atom is -0.353 e. The predicted octanol–water partition coefficient (Wildman–Crippen LogP) is 2.69. The van der Waals surface area contributed by atoms with Crippen molar-refractivity contribution in [1.29, 1.82) is 0 Å². The third kappa shape index (κ3) is 4.64. The maximum absolute atomic E-state index is 12.0. The van der Waals surface area contributed by atoms with Crippen LogP contribution in [0.4, 0.5) is 0 Å². The summed E-state index contributed by atoms with van der Waals surface area (Å²) in [5, 5.41) is 3.75. The molecule has 0 saturated heterocycles. The van der Waals surface area contributed by atoms with Crippen molar-refractivity contribution in [3.8, 4) is 0 Å². The van der Waals surface area contributed by atoms with Crippen molar-refractivity contribution < 1.29 is 4.79 Å². The quantitative estimate of drug-likeness (QED) is 0.538. The molecule has 2 N–H and O–H groups in total. The SMILES string of the molecule is O=C(/C=C/c1cc2ccccc2[nH]c1=O)NCCCc1cccnc1. The second-order valence-electron chi connectivity index (χ2n) is 5.73. The molecular formula is C20H19N3O2. The highest BCUT2D eigenvalue weighted by atomic mass is 16.1. The fourth-order valence-electron chi connectivity index (χ4n) is 2.56. The zero-order valence-electron chi connectivity index (χ0n) is 13.7. The summed E-state index contributed by atoms with van der Waals surface area (Å²) in [6.07, 6.45) is 8.20. The minimum absolute atomic E-state index is 0.209. The lowest BCUT2D eigenvalue weighted by Crippen LogP contribution is -2.22. The largest absolute Gasteiger partial charge is 0.353 e. The summed E-state index contributed by atoms with van der Waals surface area (Å²) in [4.78, 5) is 30.8. The van der Waals surface area contributed by atoms with Crippen molar-refractivity contribution in [1.82, 2.24) is 15.3 Å². The van der Waals surface area contributed by atoms with Crippen LogP contribution in [0, 0.1) is 0 Å². The Kier molecular flexibility index (Phi) is 5.36. The molecule has 0 aliphatic carbocycles. The maximum atomic E-state index is 12.0. The molecule has 0 aliphatic heterocycles. The van der Waals surface area contributed by atoms with Gasteiger partial charge in [0.2, 0.25) is 5.91 Å². The van der Waals surface area contributed by atoms with Crippen molar-refractivity contribution in [3.63, 3.8) is 0 Å². The molecule has 0 atom stereocenters. The molecule has 2 aromatic heterocycles. The lowest BCUT2D eigenvalue weighted by Gasteiger charge is -2.02. The highest BCUT2D eigenvalue weighted by molar-refractivity contribution is 5.92. The Morgan fingerprint density at radius 3 is 2.92 bits per heavy atom. The first-order chi connectivity index (χ1) is 12.2. The molecular weight excluding hydrogens is 314 g/mol. The Labute approximate surface area is 145 Å². The number of aryl methyl sites for hydroxylation is 1. The number of aromatic nitrogens is 2. The fraction of sp³-hybridized carbons (Fsp3) is 0.150. The number of aromatic amines is 1. The van der Waals surface area contributed by atoms with Crippen LogP contribution in [-0.4, -0.2) is 22.4 Å². The van der Waals surface area contributed by atoms with E-state index in [4.69, 9.17) is 0 Å². The topological polar surface area (TPSA) is 74.8 Å². The van der Waals surface area contributed by atoms with Gasteiger partial charge in [0, 0.05) is 36.1 Å². The summed E-state index contributed by atoms with van der Waals surface area (Å²) in [6.45, 7) is 0.576. The minimum atomic E-state index is -0.209. The van der Waals surface area contributed by atoms with Gasteiger partial charge in [0.1, 0.15) is 0 Å². The van der Waals surface area contributed by atoms with Gasteiger partial charge in [-0.05, 0) is 48.1 Å². The van der Waals surface area contributed by atoms with Crippen LogP contribution < -0.4 is 10.9 Å². The first kappa shape index (κ1) is 16.6. The molecule has 2 heterocycles. The number of rotatable bonds is 6. The average Bonchev–Trinajstić information content (AvgIpc) is 2.64. The molecule has 0 bridgehead atoms. The van der Waals surface area contributed by atoms with E-state index in [-0.39, 0.29) is 11.5 Å². The van der Waals surface area contributed by atoms with Crippen molar-refractivity contribution >= 4 is 22.9 Å². The summed E-state index contributed by atoms with van der Waals surface area (Å²) >= 11 is 0. The molecule has 0 aliphatic rings. The van der Waals surface area contributed by atoms with Gasteiger partial charge >= 0.3 is 0 Å². The van der Waals surface area contributed by atoms with Crippen molar-refractivity contribution in [2.24, 2.45) is 0 Å². The van der Waals surface area contributed by atoms with Gasteiger partial charge in [-0.3, -0.25) is 14.6 Å². The number of H-pyrrole nitrogens is 1. The van der Waals surface area contributed by atoms with Gasteiger partial charge in [0.15, 0.2) is 0 Å². The third-order valence-electron chi connectivity index (χ3n) is 3.86. The van der Waals surface area contributed by atoms with E-state index in [1.165, 1.54) is 6.08 Å². The van der Waals surface area contributed by atoms with E-state index in [0.717, 1.165) is 29.3 Å². The van der Waals surface area contributed by atoms with Crippen molar-refractivity contribution in [3.05, 3.63) is 82.4 Å². The molecule has 5 heteroatoms. The Bertz CT molecular complexity index is 946. The molecule has 25 heavy (non-hydrogen) atoms. The van der Waals surface area contributed by atoms with Gasteiger partial charge < -0.3 is 10.3 Å². The number of carbonyl (C=O) groups is 1. The molecule has 5 nitrogen and oxygen atoms in total. The highest BCUT2D eigenvalue weighted by Gasteiger charge is 2.01. The summed E-state index contributed by atoms with van der Waals surface area (Å²) in [6, 6.07) is 13.2. The molecule has 3 aromatic rings. The van der Waals surface area contributed by atoms with E-state index in [0.29, 0.717) is 12.1 Å². The van der Waals surface area contributed by atoms with Gasteiger partial charge in [0.05, 0.1) is 0 Å². The molecule has 0 spiro atoms. The maximum Gasteiger partial charge on any atom is 0.255 e. The molecule has 3 rings (SSSR count). The van der Waals surface area contributed by atoms with E-state index < -0.39 is 0 Å². The average molecular weight is 333 g/mol. The van der Waals surface area contributed by atoms with Crippen LogP contribution in [-0.2, 0) is 11.2 Å². The van der Waals surface area contributed by atoms with Gasteiger partial charge in [-0.15, -0.1) is 0 Å². The van der Waals surface area contributed by atoms with Crippen LogP contribution in [0.25, 0.3) is 17.0 Å². The van der Waals surface area contributed by atoms with Crippen LogP contribution in [0.15, 0.2) is 65.7 Å². The van der Waals surface area contributed by atoms with E-state index in [1.807, 2.05) is 42.6 Å². The van der Waals surface area contributed by atoms with Gasteiger partial charge in [0.25, 0.3) is 5.56 Å². The smallest absolute Gasteiger partial charge is 0.255 e. The van der Waals surface area contributed by atoms with Crippen molar-refractivity contribution in [2.45, 2.75) is 12.8 Å². The molecule has 126 valence electrons. The molecule has 1 amide bonds. The normalized spacial score (nSPS) is 11.0. The van der Waals surface area contributed by atoms with Crippen LogP contribution >= 0.6 is 0 Å². The number of hydrogen-bond acceptors (Lipinski definition) is 3. The molecule has 0 saturated carbocycles. The van der Waals surface area contributed by atoms with Crippen LogP contribution in [0.5, 0.6) is 0 Å². The number of hydrogen-bond donors (Lipinski definition) is 2. The highest BCUT2D eigenvalue weighted by Crippen LogP contribution is 2.10. The Morgan fingerprint density at radius 1 is 1.20 bits per heavy atom. The summed E-state index contributed by atoms with van der Waals surface area (Å²) in [7, 11) is 0. The van der Waals surface area contributed by atoms with Gasteiger partial charge in [-0.1, -0.05) is 24.3 Å². The Balaban J connectivity index is 1.54. The van der Waals surface area contributed by atoms with Crippen LogP contribution in [0.2, 0.25) is 0 Å². The van der Waals surface area contributed by atoms with E-state index >= 15 is 0 Å². The fourth-order valence-corrected chi connectivity index (χ4v) is 2.56. The van der Waals surface area contributed by atoms with Gasteiger partial charge in [-0.2, -0.15) is 0 Å². The van der Waals surface area contributed by atoms with Gasteiger partial charge in [-0.25, -0.2) is 0 Å². The summed E-state index contributed by atoms with van der Waals surface area (Å²) in [5.74, 6) is -0.209. The summed E-state index contributed by atoms with van der Waals surface area (Å²) < 4.78 is 0. The third-order valence-corrected chi connectivity index (χ3v) is 3.86. The number of fused-ring (bicyclic) bond motifs is 1. The first-order valence-corrected chi connectivity index (χ1v) is 8.19.